The van der Waals surface area contributed by atoms with Gasteiger partial charge in [-0.2, -0.15) is 0 Å². The Labute approximate surface area is 122 Å². The largest absolute Gasteiger partial charge is 0.336 e. The summed E-state index contributed by atoms with van der Waals surface area (Å²) in [5.74, 6) is -0.166. The molecule has 3 N–H and O–H groups in total. The molecule has 112 valence electrons. The van der Waals surface area contributed by atoms with E-state index in [0.29, 0.717) is 25.3 Å². The van der Waals surface area contributed by atoms with Crippen LogP contribution in [0.5, 0.6) is 0 Å². The quantitative estimate of drug-likeness (QED) is 0.797. The third-order valence-electron chi connectivity index (χ3n) is 3.03. The van der Waals surface area contributed by atoms with E-state index in [9.17, 15) is 13.2 Å². The number of sulfonamides is 1. The van der Waals surface area contributed by atoms with Crippen LogP contribution in [0, 0.1) is 0 Å². The maximum atomic E-state index is 12.3. The molecule has 0 saturated carbocycles. The van der Waals surface area contributed by atoms with Crippen molar-refractivity contribution >= 4 is 27.3 Å². The molecule has 0 aromatic carbocycles. The molecule has 1 saturated heterocycles. The SMILES string of the molecule is CS(=O)(=O)NC1CCCN(C(=O)c2csc(CN)n2)C1. The minimum absolute atomic E-state index is 0.166. The van der Waals surface area contributed by atoms with Gasteiger partial charge in [-0.05, 0) is 12.8 Å². The number of nitrogens with two attached hydrogens (primary N) is 1. The Morgan fingerprint density at radius 1 is 1.65 bits per heavy atom. The lowest BCUT2D eigenvalue weighted by Crippen LogP contribution is -2.49. The molecule has 1 aliphatic rings. The van der Waals surface area contributed by atoms with Gasteiger partial charge in [-0.1, -0.05) is 0 Å². The number of nitrogens with zero attached hydrogens (tertiary/aromatic N) is 2. The van der Waals surface area contributed by atoms with Crippen molar-refractivity contribution in [2.75, 3.05) is 19.3 Å². The summed E-state index contributed by atoms with van der Waals surface area (Å²) < 4.78 is 25.0. The zero-order valence-corrected chi connectivity index (χ0v) is 12.8. The van der Waals surface area contributed by atoms with Crippen molar-refractivity contribution in [3.8, 4) is 0 Å². The Morgan fingerprint density at radius 3 is 3.00 bits per heavy atom. The van der Waals surface area contributed by atoms with Crippen molar-refractivity contribution < 1.29 is 13.2 Å². The minimum atomic E-state index is -3.26. The first-order valence-corrected chi connectivity index (χ1v) is 9.07. The number of likely N-dealkylation sites (tertiary alicyclic amines) is 1. The number of hydrogen-bond acceptors (Lipinski definition) is 6. The summed E-state index contributed by atoms with van der Waals surface area (Å²) >= 11 is 1.36. The smallest absolute Gasteiger partial charge is 0.273 e. The van der Waals surface area contributed by atoms with Crippen LogP contribution in [0.2, 0.25) is 0 Å². The second-order valence-electron chi connectivity index (χ2n) is 4.81. The van der Waals surface area contributed by atoms with E-state index in [1.54, 1.807) is 10.3 Å². The molecule has 2 heterocycles. The Morgan fingerprint density at radius 2 is 2.40 bits per heavy atom. The van der Waals surface area contributed by atoms with E-state index in [0.717, 1.165) is 24.1 Å². The maximum Gasteiger partial charge on any atom is 0.273 e. The molecule has 9 heteroatoms. The molecule has 2 rings (SSSR count). The summed E-state index contributed by atoms with van der Waals surface area (Å²) in [4.78, 5) is 18.1. The third-order valence-corrected chi connectivity index (χ3v) is 4.67. The zero-order valence-electron chi connectivity index (χ0n) is 11.2. The second-order valence-corrected chi connectivity index (χ2v) is 7.53. The lowest BCUT2D eigenvalue weighted by atomic mass is 10.1. The predicted octanol–water partition coefficient (Wildman–Crippen LogP) is -0.244. The molecule has 1 unspecified atom stereocenters. The fourth-order valence-corrected chi connectivity index (χ4v) is 3.67. The summed E-state index contributed by atoms with van der Waals surface area (Å²) in [6.45, 7) is 1.31. The zero-order chi connectivity index (χ0) is 14.8. The van der Waals surface area contributed by atoms with Gasteiger partial charge in [0.2, 0.25) is 10.0 Å². The molecule has 1 aromatic heterocycles. The predicted molar refractivity (Wildman–Crippen MR) is 76.9 cm³/mol. The van der Waals surface area contributed by atoms with E-state index in [-0.39, 0.29) is 11.9 Å². The highest BCUT2D eigenvalue weighted by atomic mass is 32.2. The van der Waals surface area contributed by atoms with Gasteiger partial charge < -0.3 is 10.6 Å². The number of thiazole rings is 1. The van der Waals surface area contributed by atoms with Crippen LogP contribution in [-0.4, -0.2) is 49.6 Å². The summed E-state index contributed by atoms with van der Waals surface area (Å²) in [7, 11) is -3.26. The van der Waals surface area contributed by atoms with Crippen LogP contribution < -0.4 is 10.5 Å². The third kappa shape index (κ3) is 3.98. The van der Waals surface area contributed by atoms with Crippen LogP contribution in [0.25, 0.3) is 0 Å². The van der Waals surface area contributed by atoms with E-state index < -0.39 is 10.0 Å². The molecule has 1 aliphatic heterocycles. The number of carbonyl (C=O) groups is 1. The van der Waals surface area contributed by atoms with Crippen LogP contribution in [0.1, 0.15) is 28.3 Å². The monoisotopic (exact) mass is 318 g/mol. The van der Waals surface area contributed by atoms with Gasteiger partial charge in [0.1, 0.15) is 10.7 Å². The maximum absolute atomic E-state index is 12.3. The fourth-order valence-electron chi connectivity index (χ4n) is 2.23. The highest BCUT2D eigenvalue weighted by Crippen LogP contribution is 2.16. The summed E-state index contributed by atoms with van der Waals surface area (Å²) in [5, 5.41) is 2.41. The van der Waals surface area contributed by atoms with Gasteiger partial charge in [-0.25, -0.2) is 18.1 Å². The molecule has 1 fully saturated rings. The van der Waals surface area contributed by atoms with Gasteiger partial charge >= 0.3 is 0 Å². The van der Waals surface area contributed by atoms with Crippen LogP contribution >= 0.6 is 11.3 Å². The lowest BCUT2D eigenvalue weighted by molar-refractivity contribution is 0.0698. The summed E-state index contributed by atoms with van der Waals surface area (Å²) in [6.07, 6.45) is 2.64. The van der Waals surface area contributed by atoms with E-state index >= 15 is 0 Å². The Balaban J connectivity index is 2.03. The molecule has 0 spiro atoms. The average molecular weight is 318 g/mol. The molecule has 20 heavy (non-hydrogen) atoms. The number of rotatable bonds is 4. The molecule has 7 nitrogen and oxygen atoms in total. The minimum Gasteiger partial charge on any atom is -0.336 e. The molecule has 1 aromatic rings. The van der Waals surface area contributed by atoms with Crippen molar-refractivity contribution in [3.05, 3.63) is 16.1 Å². The van der Waals surface area contributed by atoms with Crippen LogP contribution in [0.3, 0.4) is 0 Å². The molecular formula is C11H18N4O3S2. The van der Waals surface area contributed by atoms with Crippen molar-refractivity contribution in [2.45, 2.75) is 25.4 Å². The number of amides is 1. The van der Waals surface area contributed by atoms with Gasteiger partial charge in [-0.15, -0.1) is 11.3 Å². The number of aromatic nitrogens is 1. The van der Waals surface area contributed by atoms with Gasteiger partial charge in [0.25, 0.3) is 5.91 Å². The van der Waals surface area contributed by atoms with Gasteiger partial charge in [-0.3, -0.25) is 4.79 Å². The molecule has 1 atom stereocenters. The van der Waals surface area contributed by atoms with Crippen LogP contribution in [0.4, 0.5) is 0 Å². The van der Waals surface area contributed by atoms with Gasteiger partial charge in [0.05, 0.1) is 6.26 Å². The fraction of sp³-hybridized carbons (Fsp3) is 0.636. The van der Waals surface area contributed by atoms with Gasteiger partial charge in [0, 0.05) is 31.1 Å². The molecule has 0 bridgehead atoms. The highest BCUT2D eigenvalue weighted by molar-refractivity contribution is 7.88. The highest BCUT2D eigenvalue weighted by Gasteiger charge is 2.27. The topological polar surface area (TPSA) is 105 Å². The van der Waals surface area contributed by atoms with Crippen molar-refractivity contribution in [2.24, 2.45) is 5.73 Å². The van der Waals surface area contributed by atoms with E-state index in [4.69, 9.17) is 5.73 Å². The Bertz CT molecular complexity index is 584. The van der Waals surface area contributed by atoms with Gasteiger partial charge in [0.15, 0.2) is 0 Å². The standard InChI is InChI=1S/C11H18N4O3S2/c1-20(17,18)14-8-3-2-4-15(6-8)11(16)9-7-19-10(5-12)13-9/h7-8,14H,2-6,12H2,1H3. The lowest BCUT2D eigenvalue weighted by Gasteiger charge is -2.32. The summed E-state index contributed by atoms with van der Waals surface area (Å²) in [6, 6.07) is -0.227. The first-order chi connectivity index (χ1) is 9.39. The summed E-state index contributed by atoms with van der Waals surface area (Å²) in [5.41, 5.74) is 5.86. The van der Waals surface area contributed by atoms with Crippen molar-refractivity contribution in [1.82, 2.24) is 14.6 Å². The number of piperidine rings is 1. The molecular weight excluding hydrogens is 300 g/mol. The van der Waals surface area contributed by atoms with Crippen molar-refractivity contribution in [1.29, 1.82) is 0 Å². The number of hydrogen-bond donors (Lipinski definition) is 2. The normalized spacial score (nSPS) is 20.1. The van der Waals surface area contributed by atoms with E-state index in [2.05, 4.69) is 9.71 Å². The van der Waals surface area contributed by atoms with Crippen LogP contribution in [-0.2, 0) is 16.6 Å². The van der Waals surface area contributed by atoms with E-state index in [1.165, 1.54) is 11.3 Å². The number of carbonyl (C=O) groups excluding carboxylic acids is 1. The number of nitrogens with one attached hydrogen (secondary N) is 1. The molecule has 0 radical (unpaired) electrons. The van der Waals surface area contributed by atoms with Crippen LogP contribution in [0.15, 0.2) is 5.38 Å². The first-order valence-electron chi connectivity index (χ1n) is 6.30. The Kier molecular flexibility index (Phi) is 4.74. The Hall–Kier alpha value is -1.03. The average Bonchev–Trinajstić information content (AvgIpc) is 2.85. The second kappa shape index (κ2) is 6.17. The molecule has 0 aliphatic carbocycles. The van der Waals surface area contributed by atoms with Crippen molar-refractivity contribution in [3.63, 3.8) is 0 Å². The van der Waals surface area contributed by atoms with E-state index in [1.807, 2.05) is 0 Å². The molecule has 1 amide bonds. The first kappa shape index (κ1) is 15.4.